The minimum atomic E-state index is -2.86. The van der Waals surface area contributed by atoms with Crippen molar-refractivity contribution in [2.45, 2.75) is 33.4 Å². The molecule has 0 unspecified atom stereocenters. The van der Waals surface area contributed by atoms with Gasteiger partial charge < -0.3 is 19.8 Å². The molecule has 0 aliphatic rings. The third kappa shape index (κ3) is 5.91. The Bertz CT molecular complexity index is 938. The van der Waals surface area contributed by atoms with Crippen LogP contribution in [0.2, 0.25) is 0 Å². The van der Waals surface area contributed by atoms with E-state index in [-0.39, 0.29) is 12.3 Å². The van der Waals surface area contributed by atoms with Gasteiger partial charge in [-0.2, -0.15) is 8.78 Å². The van der Waals surface area contributed by atoms with Crippen molar-refractivity contribution in [3.63, 3.8) is 0 Å². The number of aryl methyl sites for hydroxylation is 1. The molecule has 0 spiro atoms. The lowest BCUT2D eigenvalue weighted by atomic mass is 10.1. The Kier molecular flexibility index (Phi) is 6.99. The second-order valence-electron chi connectivity index (χ2n) is 6.56. The van der Waals surface area contributed by atoms with Crippen LogP contribution in [0.5, 0.6) is 5.75 Å². The Morgan fingerprint density at radius 2 is 2.10 bits per heavy atom. The smallest absolute Gasteiger partial charge is 0.387 e. The molecule has 3 rings (SSSR count). The number of rotatable bonds is 8. The van der Waals surface area contributed by atoms with Crippen LogP contribution in [0.1, 0.15) is 23.7 Å². The van der Waals surface area contributed by atoms with Gasteiger partial charge in [0.1, 0.15) is 11.4 Å². The number of aromatic nitrogens is 2. The number of halogens is 2. The van der Waals surface area contributed by atoms with Gasteiger partial charge in [0.05, 0.1) is 12.2 Å². The molecule has 0 radical (unpaired) electrons. The molecule has 0 fully saturated rings. The quantitative estimate of drug-likeness (QED) is 0.448. The maximum atomic E-state index is 12.6. The number of fused-ring (bicyclic) bond motifs is 1. The first-order valence-corrected chi connectivity index (χ1v) is 9.54. The van der Waals surface area contributed by atoms with Gasteiger partial charge in [-0.05, 0) is 32.0 Å². The van der Waals surface area contributed by atoms with Crippen LogP contribution in [0.4, 0.5) is 8.78 Å². The topological polar surface area (TPSA) is 63.0 Å². The van der Waals surface area contributed by atoms with E-state index in [0.29, 0.717) is 24.6 Å². The van der Waals surface area contributed by atoms with E-state index < -0.39 is 6.61 Å². The van der Waals surface area contributed by atoms with Gasteiger partial charge in [-0.3, -0.25) is 0 Å². The van der Waals surface area contributed by atoms with E-state index in [4.69, 9.17) is 0 Å². The summed E-state index contributed by atoms with van der Waals surface area (Å²) < 4.78 is 31.9. The number of benzene rings is 1. The highest BCUT2D eigenvalue weighted by Gasteiger charge is 2.10. The van der Waals surface area contributed by atoms with Gasteiger partial charge in [0.25, 0.3) is 0 Å². The highest BCUT2D eigenvalue weighted by molar-refractivity contribution is 5.79. The third-order valence-electron chi connectivity index (χ3n) is 4.27. The molecule has 3 aromatic rings. The number of alkyl halides is 2. The minimum Gasteiger partial charge on any atom is -0.434 e. The van der Waals surface area contributed by atoms with Gasteiger partial charge in [-0.15, -0.1) is 0 Å². The Morgan fingerprint density at radius 3 is 2.86 bits per heavy atom. The monoisotopic (exact) mass is 401 g/mol. The Labute approximate surface area is 168 Å². The van der Waals surface area contributed by atoms with Gasteiger partial charge in [0.15, 0.2) is 5.96 Å². The predicted molar refractivity (Wildman–Crippen MR) is 110 cm³/mol. The van der Waals surface area contributed by atoms with Crippen LogP contribution in [-0.2, 0) is 13.0 Å². The van der Waals surface area contributed by atoms with Gasteiger partial charge in [0, 0.05) is 37.5 Å². The number of pyridine rings is 1. The maximum absolute atomic E-state index is 12.6. The van der Waals surface area contributed by atoms with Gasteiger partial charge >= 0.3 is 6.61 Å². The van der Waals surface area contributed by atoms with Gasteiger partial charge in [0.2, 0.25) is 0 Å². The summed E-state index contributed by atoms with van der Waals surface area (Å²) in [6.45, 7) is 2.57. The molecule has 6 nitrogen and oxygen atoms in total. The van der Waals surface area contributed by atoms with E-state index >= 15 is 0 Å². The van der Waals surface area contributed by atoms with Crippen LogP contribution in [0.25, 0.3) is 5.65 Å². The summed E-state index contributed by atoms with van der Waals surface area (Å²) in [5, 5.41) is 6.42. The molecule has 2 aromatic heterocycles. The molecule has 29 heavy (non-hydrogen) atoms. The molecule has 0 aliphatic heterocycles. The van der Waals surface area contributed by atoms with E-state index in [1.165, 1.54) is 0 Å². The van der Waals surface area contributed by atoms with E-state index in [0.717, 1.165) is 23.3 Å². The number of ether oxygens (including phenoxy) is 1. The fraction of sp³-hybridized carbons (Fsp3) is 0.333. The van der Waals surface area contributed by atoms with Crippen molar-refractivity contribution < 1.29 is 13.5 Å². The Morgan fingerprint density at radius 1 is 1.24 bits per heavy atom. The average Bonchev–Trinajstić information content (AvgIpc) is 3.10. The Balaban J connectivity index is 1.63. The predicted octanol–water partition coefficient (Wildman–Crippen LogP) is 3.54. The minimum absolute atomic E-state index is 0.148. The summed E-state index contributed by atoms with van der Waals surface area (Å²) >= 11 is 0. The molecule has 154 valence electrons. The number of nitrogens with zero attached hydrogens (tertiary/aromatic N) is 3. The summed E-state index contributed by atoms with van der Waals surface area (Å²) in [6, 6.07) is 11.0. The van der Waals surface area contributed by atoms with Crippen molar-refractivity contribution in [3.8, 4) is 5.75 Å². The third-order valence-corrected chi connectivity index (χ3v) is 4.27. The molecule has 0 saturated heterocycles. The zero-order valence-corrected chi connectivity index (χ0v) is 16.5. The number of hydrogen-bond donors (Lipinski definition) is 2. The molecule has 0 bridgehead atoms. The summed E-state index contributed by atoms with van der Waals surface area (Å²) in [7, 11) is 0. The molecule has 2 N–H and O–H groups in total. The lowest BCUT2D eigenvalue weighted by Crippen LogP contribution is -2.38. The summed E-state index contributed by atoms with van der Waals surface area (Å²) in [6.07, 6.45) is 4.70. The van der Waals surface area contributed by atoms with Gasteiger partial charge in [-0.25, -0.2) is 9.98 Å². The second-order valence-corrected chi connectivity index (χ2v) is 6.56. The largest absolute Gasteiger partial charge is 0.434 e. The molecule has 0 atom stereocenters. The molecular weight excluding hydrogens is 376 g/mol. The lowest BCUT2D eigenvalue weighted by Gasteiger charge is -2.13. The standard InChI is InChI=1S/C21H25F2N5O/c1-3-24-21(25-10-9-17-14-28-11-5-4-6-19(28)27-17)26-13-16-12-15(2)7-8-18(16)29-20(22)23/h4-8,11-12,14,20H,3,9-10,13H2,1-2H3,(H2,24,25,26). The van der Waals surface area contributed by atoms with Crippen molar-refractivity contribution in [1.82, 2.24) is 20.0 Å². The zero-order chi connectivity index (χ0) is 20.6. The molecule has 0 amide bonds. The fourth-order valence-electron chi connectivity index (χ4n) is 2.97. The first-order chi connectivity index (χ1) is 14.0. The zero-order valence-electron chi connectivity index (χ0n) is 16.5. The number of imidazole rings is 1. The van der Waals surface area contributed by atoms with Crippen LogP contribution in [0, 0.1) is 6.92 Å². The molecular formula is C21H25F2N5O. The van der Waals surface area contributed by atoms with Crippen molar-refractivity contribution in [2.24, 2.45) is 4.99 Å². The van der Waals surface area contributed by atoms with Crippen LogP contribution in [0.3, 0.4) is 0 Å². The molecule has 1 aromatic carbocycles. The highest BCUT2D eigenvalue weighted by Crippen LogP contribution is 2.22. The summed E-state index contributed by atoms with van der Waals surface area (Å²) in [4.78, 5) is 9.08. The average molecular weight is 401 g/mol. The van der Waals surface area contributed by atoms with E-state index in [2.05, 4.69) is 25.3 Å². The number of nitrogens with one attached hydrogen (secondary N) is 2. The van der Waals surface area contributed by atoms with Crippen LogP contribution >= 0.6 is 0 Å². The second kappa shape index (κ2) is 9.86. The van der Waals surface area contributed by atoms with Crippen LogP contribution in [0.15, 0.2) is 53.8 Å². The maximum Gasteiger partial charge on any atom is 0.387 e. The highest BCUT2D eigenvalue weighted by atomic mass is 19.3. The first-order valence-electron chi connectivity index (χ1n) is 9.54. The van der Waals surface area contributed by atoms with Gasteiger partial charge in [-0.1, -0.05) is 23.8 Å². The summed E-state index contributed by atoms with van der Waals surface area (Å²) in [5.74, 6) is 0.760. The number of hydrogen-bond acceptors (Lipinski definition) is 3. The van der Waals surface area contributed by atoms with E-state index in [9.17, 15) is 8.78 Å². The first kappa shape index (κ1) is 20.6. The summed E-state index contributed by atoms with van der Waals surface area (Å²) in [5.41, 5.74) is 3.46. The van der Waals surface area contributed by atoms with Crippen molar-refractivity contribution >= 4 is 11.6 Å². The van der Waals surface area contributed by atoms with E-state index in [1.54, 1.807) is 18.2 Å². The van der Waals surface area contributed by atoms with Crippen LogP contribution in [-0.4, -0.2) is 35.0 Å². The number of aliphatic imine (C=N–C) groups is 1. The molecule has 0 saturated carbocycles. The molecule has 8 heteroatoms. The molecule has 0 aliphatic carbocycles. The Hall–Kier alpha value is -3.16. The number of guanidine groups is 1. The van der Waals surface area contributed by atoms with Crippen molar-refractivity contribution in [2.75, 3.05) is 13.1 Å². The lowest BCUT2D eigenvalue weighted by molar-refractivity contribution is -0.0504. The SMILES string of the molecule is CCNC(=NCc1cc(C)ccc1OC(F)F)NCCc1cn2ccccc2n1. The van der Waals surface area contributed by atoms with Crippen molar-refractivity contribution in [1.29, 1.82) is 0 Å². The van der Waals surface area contributed by atoms with Crippen molar-refractivity contribution in [3.05, 3.63) is 65.6 Å². The van der Waals surface area contributed by atoms with E-state index in [1.807, 2.05) is 48.8 Å². The normalized spacial score (nSPS) is 11.8. The molecule has 2 heterocycles. The van der Waals surface area contributed by atoms with Crippen LogP contribution < -0.4 is 15.4 Å². The fourth-order valence-corrected chi connectivity index (χ4v) is 2.97.